The lowest BCUT2D eigenvalue weighted by Crippen LogP contribution is -2.14. The quantitative estimate of drug-likeness (QED) is 0.313. The molecule has 4 aromatic rings. The average Bonchev–Trinajstić information content (AvgIpc) is 2.84. The molecule has 37 heavy (non-hydrogen) atoms. The van der Waals surface area contributed by atoms with E-state index in [4.69, 9.17) is 4.74 Å². The number of sulfonamides is 1. The molecular weight excluding hydrogens is 493 g/mol. The number of nitriles is 1. The summed E-state index contributed by atoms with van der Waals surface area (Å²) in [7, 11) is -3.39. The molecule has 9 heteroatoms. The Bertz CT molecular complexity index is 1600. The van der Waals surface area contributed by atoms with Gasteiger partial charge in [0.2, 0.25) is 15.9 Å². The fraction of sp³-hybridized carbons (Fsp3) is 0.0714. The van der Waals surface area contributed by atoms with Crippen LogP contribution in [0.4, 0.5) is 15.8 Å². The minimum Gasteiger partial charge on any atom is -0.457 e. The van der Waals surface area contributed by atoms with Gasteiger partial charge in [0.25, 0.3) is 0 Å². The predicted octanol–water partition coefficient (Wildman–Crippen LogP) is 5.71. The Hall–Kier alpha value is -4.68. The van der Waals surface area contributed by atoms with Crippen molar-refractivity contribution in [3.05, 3.63) is 108 Å². The molecule has 0 aliphatic carbocycles. The van der Waals surface area contributed by atoms with Crippen LogP contribution in [0.1, 0.15) is 11.1 Å². The summed E-state index contributed by atoms with van der Waals surface area (Å²) in [4.78, 5) is 12.7. The SMILES string of the molecule is CS(=O)(=O)Nc1ccc(CC(=O)Nc2ccc(-c3cccc(F)c3)c(Oc3cccc(C#N)c3)c2)cc1. The van der Waals surface area contributed by atoms with Crippen molar-refractivity contribution in [3.8, 4) is 28.7 Å². The van der Waals surface area contributed by atoms with Crippen LogP contribution < -0.4 is 14.8 Å². The Morgan fingerprint density at radius 3 is 2.38 bits per heavy atom. The second-order valence-electron chi connectivity index (χ2n) is 8.26. The second kappa shape index (κ2) is 10.9. The van der Waals surface area contributed by atoms with Gasteiger partial charge in [0.1, 0.15) is 17.3 Å². The van der Waals surface area contributed by atoms with Gasteiger partial charge in [-0.15, -0.1) is 0 Å². The fourth-order valence-electron chi connectivity index (χ4n) is 3.63. The maximum Gasteiger partial charge on any atom is 0.229 e. The van der Waals surface area contributed by atoms with Crippen molar-refractivity contribution in [1.29, 1.82) is 5.26 Å². The lowest BCUT2D eigenvalue weighted by molar-refractivity contribution is -0.115. The van der Waals surface area contributed by atoms with Gasteiger partial charge in [0, 0.05) is 23.0 Å². The number of amides is 1. The van der Waals surface area contributed by atoms with Crippen molar-refractivity contribution >= 4 is 27.3 Å². The number of nitrogens with zero attached hydrogens (tertiary/aromatic N) is 1. The Balaban J connectivity index is 1.56. The molecule has 7 nitrogen and oxygen atoms in total. The largest absolute Gasteiger partial charge is 0.457 e. The van der Waals surface area contributed by atoms with Crippen LogP contribution in [0.3, 0.4) is 0 Å². The van der Waals surface area contributed by atoms with Crippen molar-refractivity contribution in [1.82, 2.24) is 0 Å². The average molecular weight is 516 g/mol. The third-order valence-corrected chi connectivity index (χ3v) is 5.82. The van der Waals surface area contributed by atoms with Crippen LogP contribution in [-0.2, 0) is 21.2 Å². The van der Waals surface area contributed by atoms with Crippen molar-refractivity contribution in [3.63, 3.8) is 0 Å². The van der Waals surface area contributed by atoms with Gasteiger partial charge >= 0.3 is 0 Å². The number of ether oxygens (including phenoxy) is 1. The summed E-state index contributed by atoms with van der Waals surface area (Å²) in [6.07, 6.45) is 1.12. The molecule has 0 bridgehead atoms. The maximum atomic E-state index is 13.9. The molecule has 0 heterocycles. The van der Waals surface area contributed by atoms with Gasteiger partial charge in [-0.2, -0.15) is 5.26 Å². The highest BCUT2D eigenvalue weighted by molar-refractivity contribution is 7.92. The van der Waals surface area contributed by atoms with E-state index in [2.05, 4.69) is 16.1 Å². The number of hydrogen-bond donors (Lipinski definition) is 2. The Morgan fingerprint density at radius 2 is 1.68 bits per heavy atom. The monoisotopic (exact) mass is 515 g/mol. The first kappa shape index (κ1) is 25.4. The molecule has 0 aromatic heterocycles. The van der Waals surface area contributed by atoms with Crippen LogP contribution in [0.15, 0.2) is 91.0 Å². The summed E-state index contributed by atoms with van der Waals surface area (Å²) in [5, 5.41) is 12.0. The summed E-state index contributed by atoms with van der Waals surface area (Å²) >= 11 is 0. The molecule has 0 aliphatic heterocycles. The van der Waals surface area contributed by atoms with Crippen LogP contribution >= 0.6 is 0 Å². The van der Waals surface area contributed by atoms with E-state index in [0.717, 1.165) is 6.26 Å². The minimum atomic E-state index is -3.39. The summed E-state index contributed by atoms with van der Waals surface area (Å²) in [5.41, 5.74) is 3.18. The maximum absolute atomic E-state index is 13.9. The molecule has 0 saturated carbocycles. The highest BCUT2D eigenvalue weighted by Crippen LogP contribution is 2.36. The highest BCUT2D eigenvalue weighted by atomic mass is 32.2. The third-order valence-electron chi connectivity index (χ3n) is 5.21. The van der Waals surface area contributed by atoms with E-state index < -0.39 is 15.8 Å². The number of carbonyl (C=O) groups is 1. The number of nitrogens with one attached hydrogen (secondary N) is 2. The molecule has 0 saturated heterocycles. The second-order valence-corrected chi connectivity index (χ2v) is 10.0. The zero-order chi connectivity index (χ0) is 26.4. The Labute approximate surface area is 214 Å². The minimum absolute atomic E-state index is 0.0607. The van der Waals surface area contributed by atoms with E-state index >= 15 is 0 Å². The van der Waals surface area contributed by atoms with Crippen LogP contribution in [-0.4, -0.2) is 20.6 Å². The highest BCUT2D eigenvalue weighted by Gasteiger charge is 2.13. The number of carbonyl (C=O) groups excluding carboxylic acids is 1. The van der Waals surface area contributed by atoms with E-state index in [0.29, 0.717) is 45.1 Å². The molecule has 1 amide bonds. The van der Waals surface area contributed by atoms with Gasteiger partial charge in [0.05, 0.1) is 24.3 Å². The van der Waals surface area contributed by atoms with Gasteiger partial charge in [-0.05, 0) is 65.7 Å². The van der Waals surface area contributed by atoms with E-state index in [1.165, 1.54) is 12.1 Å². The normalized spacial score (nSPS) is 10.8. The molecule has 0 spiro atoms. The van der Waals surface area contributed by atoms with Gasteiger partial charge in [0.15, 0.2) is 0 Å². The van der Waals surface area contributed by atoms with Crippen LogP contribution in [0.2, 0.25) is 0 Å². The van der Waals surface area contributed by atoms with Gasteiger partial charge in [-0.1, -0.05) is 30.3 Å². The molecule has 0 aliphatic rings. The van der Waals surface area contributed by atoms with Crippen LogP contribution in [0.5, 0.6) is 11.5 Å². The Morgan fingerprint density at radius 1 is 0.946 bits per heavy atom. The van der Waals surface area contributed by atoms with Crippen molar-refractivity contribution in [2.75, 3.05) is 16.3 Å². The smallest absolute Gasteiger partial charge is 0.229 e. The van der Waals surface area contributed by atoms with Crippen molar-refractivity contribution in [2.45, 2.75) is 6.42 Å². The topological polar surface area (TPSA) is 108 Å². The van der Waals surface area contributed by atoms with Crippen LogP contribution in [0, 0.1) is 17.1 Å². The fourth-order valence-corrected chi connectivity index (χ4v) is 4.19. The first-order chi connectivity index (χ1) is 17.7. The lowest BCUT2D eigenvalue weighted by Gasteiger charge is -2.14. The molecule has 0 unspecified atom stereocenters. The number of hydrogen-bond acceptors (Lipinski definition) is 5. The van der Waals surface area contributed by atoms with Gasteiger partial charge in [-0.3, -0.25) is 9.52 Å². The molecule has 4 aromatic carbocycles. The number of anilines is 2. The zero-order valence-electron chi connectivity index (χ0n) is 19.7. The molecular formula is C28H22FN3O4S. The summed E-state index contributed by atoms with van der Waals surface area (Å²) in [6, 6.07) is 26.3. The molecule has 186 valence electrons. The zero-order valence-corrected chi connectivity index (χ0v) is 20.6. The first-order valence-electron chi connectivity index (χ1n) is 11.1. The van der Waals surface area contributed by atoms with Gasteiger partial charge < -0.3 is 10.1 Å². The van der Waals surface area contributed by atoms with E-state index in [1.807, 2.05) is 0 Å². The Kier molecular flexibility index (Phi) is 7.51. The molecule has 0 atom stereocenters. The van der Waals surface area contributed by atoms with Crippen LogP contribution in [0.25, 0.3) is 11.1 Å². The lowest BCUT2D eigenvalue weighted by atomic mass is 10.0. The number of rotatable bonds is 8. The summed E-state index contributed by atoms with van der Waals surface area (Å²) in [5.74, 6) is 0.0995. The molecule has 4 rings (SSSR count). The molecule has 0 fully saturated rings. The standard InChI is InChI=1S/C28H22FN3O4S/c1-37(34,35)32-23-10-8-19(9-11-23)15-28(33)31-24-12-13-26(21-5-3-6-22(29)16-21)27(17-24)36-25-7-2-4-20(14-25)18-30/h2-14,16-17,32H,15H2,1H3,(H,31,33). The van der Waals surface area contributed by atoms with E-state index in [1.54, 1.807) is 78.9 Å². The molecule has 2 N–H and O–H groups in total. The van der Waals surface area contributed by atoms with Gasteiger partial charge in [-0.25, -0.2) is 12.8 Å². The number of benzene rings is 4. The van der Waals surface area contributed by atoms with Crippen molar-refractivity contribution in [2.24, 2.45) is 0 Å². The summed E-state index contributed by atoms with van der Waals surface area (Å²) in [6.45, 7) is 0. The first-order valence-corrected chi connectivity index (χ1v) is 13.0. The van der Waals surface area contributed by atoms with E-state index in [-0.39, 0.29) is 12.3 Å². The predicted molar refractivity (Wildman–Crippen MR) is 140 cm³/mol. The third kappa shape index (κ3) is 7.16. The summed E-state index contributed by atoms with van der Waals surface area (Å²) < 4.78 is 45.0. The van der Waals surface area contributed by atoms with E-state index in [9.17, 15) is 22.9 Å². The molecule has 0 radical (unpaired) electrons. The van der Waals surface area contributed by atoms with Crippen molar-refractivity contribution < 1.29 is 22.3 Å². The number of halogens is 1.